The van der Waals surface area contributed by atoms with Crippen LogP contribution in [0.4, 0.5) is 0 Å². The molecule has 0 spiro atoms. The van der Waals surface area contributed by atoms with Crippen molar-refractivity contribution in [3.63, 3.8) is 0 Å². The van der Waals surface area contributed by atoms with E-state index in [1.807, 2.05) is 6.07 Å². The van der Waals surface area contributed by atoms with E-state index in [-0.39, 0.29) is 24.0 Å². The van der Waals surface area contributed by atoms with Crippen LogP contribution in [-0.4, -0.2) is 31.1 Å². The first-order valence-electron chi connectivity index (χ1n) is 6.28. The van der Waals surface area contributed by atoms with Crippen molar-refractivity contribution in [2.45, 2.75) is 6.42 Å². The molecule has 0 aliphatic carbocycles. The first-order valence-corrected chi connectivity index (χ1v) is 6.28. The number of nitrogens with zero attached hydrogens (tertiary/aromatic N) is 1. The van der Waals surface area contributed by atoms with Gasteiger partial charge in [0.1, 0.15) is 0 Å². The summed E-state index contributed by atoms with van der Waals surface area (Å²) in [6.45, 7) is 1.29. The summed E-state index contributed by atoms with van der Waals surface area (Å²) in [4.78, 5) is 7.37. The molecule has 0 saturated heterocycles. The van der Waals surface area contributed by atoms with Crippen LogP contribution in [0.15, 0.2) is 35.5 Å². The molecule has 0 amide bonds. The van der Waals surface area contributed by atoms with E-state index in [1.54, 1.807) is 7.05 Å². The Balaban J connectivity index is 0.00000200. The summed E-state index contributed by atoms with van der Waals surface area (Å²) in [6, 6.07) is 8.30. The zero-order chi connectivity index (χ0) is 13.5. The van der Waals surface area contributed by atoms with Crippen molar-refractivity contribution in [3.8, 4) is 12.3 Å². The van der Waals surface area contributed by atoms with Gasteiger partial charge in [0.05, 0.1) is 6.54 Å². The molecule has 0 aliphatic heterocycles. The molecule has 0 unspecified atom stereocenters. The Morgan fingerprint density at radius 3 is 2.90 bits per heavy atom. The lowest BCUT2D eigenvalue weighted by molar-refractivity contribution is 0.827. The number of benzene rings is 1. The smallest absolute Gasteiger partial charge is 0.191 e. The van der Waals surface area contributed by atoms with Crippen LogP contribution < -0.4 is 10.6 Å². The van der Waals surface area contributed by atoms with E-state index in [0.29, 0.717) is 6.54 Å². The number of para-hydroxylation sites is 1. The molecule has 0 radical (unpaired) electrons. The monoisotopic (exact) mass is 382 g/mol. The number of halogens is 1. The first-order chi connectivity index (χ1) is 9.35. The summed E-state index contributed by atoms with van der Waals surface area (Å²) in [7, 11) is 1.73. The van der Waals surface area contributed by atoms with Gasteiger partial charge < -0.3 is 15.6 Å². The fourth-order valence-electron chi connectivity index (χ4n) is 2.01. The number of H-pyrrole nitrogens is 1. The van der Waals surface area contributed by atoms with Gasteiger partial charge in [-0.3, -0.25) is 4.99 Å². The number of guanidine groups is 1. The van der Waals surface area contributed by atoms with Gasteiger partial charge in [-0.15, -0.1) is 30.4 Å². The van der Waals surface area contributed by atoms with Gasteiger partial charge in [0.2, 0.25) is 0 Å². The van der Waals surface area contributed by atoms with Crippen molar-refractivity contribution in [3.05, 3.63) is 36.0 Å². The largest absolute Gasteiger partial charge is 0.361 e. The molecule has 2 aromatic rings. The molecule has 0 bridgehead atoms. The maximum Gasteiger partial charge on any atom is 0.191 e. The van der Waals surface area contributed by atoms with Crippen molar-refractivity contribution >= 4 is 40.8 Å². The predicted octanol–water partition coefficient (Wildman–Crippen LogP) is 2.13. The molecular formula is C15H19IN4. The number of aliphatic imine (C=N–C) groups is 1. The van der Waals surface area contributed by atoms with Crippen molar-refractivity contribution < 1.29 is 0 Å². The Bertz CT molecular complexity index is 610. The number of aromatic nitrogens is 1. The molecule has 4 nitrogen and oxygen atoms in total. The fraction of sp³-hybridized carbons (Fsp3) is 0.267. The summed E-state index contributed by atoms with van der Waals surface area (Å²) >= 11 is 0. The highest BCUT2D eigenvalue weighted by molar-refractivity contribution is 14.0. The molecule has 0 aliphatic rings. The van der Waals surface area contributed by atoms with Crippen LogP contribution in [0.25, 0.3) is 10.9 Å². The van der Waals surface area contributed by atoms with Crippen LogP contribution in [-0.2, 0) is 6.42 Å². The second-order valence-corrected chi connectivity index (χ2v) is 4.17. The normalized spacial score (nSPS) is 10.7. The van der Waals surface area contributed by atoms with Gasteiger partial charge in [0.25, 0.3) is 0 Å². The zero-order valence-electron chi connectivity index (χ0n) is 11.4. The minimum atomic E-state index is 0. The van der Waals surface area contributed by atoms with Gasteiger partial charge in [-0.1, -0.05) is 24.1 Å². The summed E-state index contributed by atoms with van der Waals surface area (Å²) < 4.78 is 0. The van der Waals surface area contributed by atoms with E-state index >= 15 is 0 Å². The predicted molar refractivity (Wildman–Crippen MR) is 95.6 cm³/mol. The van der Waals surface area contributed by atoms with E-state index in [0.717, 1.165) is 18.9 Å². The number of rotatable bonds is 4. The number of aromatic amines is 1. The number of fused-ring (bicyclic) bond motifs is 1. The second kappa shape index (κ2) is 8.48. The lowest BCUT2D eigenvalue weighted by atomic mass is 10.1. The van der Waals surface area contributed by atoms with Gasteiger partial charge in [0.15, 0.2) is 5.96 Å². The third kappa shape index (κ3) is 4.17. The highest BCUT2D eigenvalue weighted by Gasteiger charge is 2.02. The maximum atomic E-state index is 5.20. The minimum absolute atomic E-state index is 0. The van der Waals surface area contributed by atoms with Gasteiger partial charge >= 0.3 is 0 Å². The zero-order valence-corrected chi connectivity index (χ0v) is 13.8. The summed E-state index contributed by atoms with van der Waals surface area (Å²) in [5, 5.41) is 7.54. The van der Waals surface area contributed by atoms with Crippen LogP contribution in [0.1, 0.15) is 5.56 Å². The Hall–Kier alpha value is -1.68. The molecule has 106 valence electrons. The highest BCUT2D eigenvalue weighted by Crippen LogP contribution is 2.17. The second-order valence-electron chi connectivity index (χ2n) is 4.17. The summed E-state index contributed by atoms with van der Waals surface area (Å²) in [6.07, 6.45) is 8.19. The van der Waals surface area contributed by atoms with Crippen molar-refractivity contribution in [2.75, 3.05) is 20.1 Å². The quantitative estimate of drug-likeness (QED) is 0.329. The van der Waals surface area contributed by atoms with Crippen LogP contribution in [0.2, 0.25) is 0 Å². The van der Waals surface area contributed by atoms with Crippen molar-refractivity contribution in [2.24, 2.45) is 4.99 Å². The average molecular weight is 382 g/mol. The van der Waals surface area contributed by atoms with E-state index in [4.69, 9.17) is 6.42 Å². The van der Waals surface area contributed by atoms with E-state index in [1.165, 1.54) is 16.5 Å². The van der Waals surface area contributed by atoms with Gasteiger partial charge in [-0.2, -0.15) is 0 Å². The number of nitrogens with one attached hydrogen (secondary N) is 3. The number of hydrogen-bond acceptors (Lipinski definition) is 1. The molecule has 1 aromatic heterocycles. The lowest BCUT2D eigenvalue weighted by Gasteiger charge is -2.09. The Labute approximate surface area is 136 Å². The standard InChI is InChI=1S/C15H18N4.HI/c1-3-9-17-15(16-2)18-10-8-12-11-19-14-7-5-4-6-13(12)14;/h1,4-7,11,19H,8-10H2,2H3,(H2,16,17,18);1H. The van der Waals surface area contributed by atoms with Crippen molar-refractivity contribution in [1.29, 1.82) is 0 Å². The molecular weight excluding hydrogens is 363 g/mol. The minimum Gasteiger partial charge on any atom is -0.361 e. The summed E-state index contributed by atoms with van der Waals surface area (Å²) in [5.41, 5.74) is 2.47. The van der Waals surface area contributed by atoms with Crippen LogP contribution in [0.5, 0.6) is 0 Å². The molecule has 1 heterocycles. The highest BCUT2D eigenvalue weighted by atomic mass is 127. The van der Waals surface area contributed by atoms with Crippen LogP contribution in [0, 0.1) is 12.3 Å². The van der Waals surface area contributed by atoms with E-state index < -0.39 is 0 Å². The lowest BCUT2D eigenvalue weighted by Crippen LogP contribution is -2.38. The van der Waals surface area contributed by atoms with Crippen molar-refractivity contribution in [1.82, 2.24) is 15.6 Å². The first kappa shape index (κ1) is 16.4. The maximum absolute atomic E-state index is 5.20. The Kier molecular flexibility index (Phi) is 6.94. The number of terminal acetylenes is 1. The Morgan fingerprint density at radius 1 is 1.35 bits per heavy atom. The Morgan fingerprint density at radius 2 is 2.15 bits per heavy atom. The van der Waals surface area contributed by atoms with Gasteiger partial charge in [0, 0.05) is 30.7 Å². The molecule has 2 rings (SSSR count). The molecule has 0 saturated carbocycles. The molecule has 0 atom stereocenters. The van der Waals surface area contributed by atoms with Crippen LogP contribution in [0.3, 0.4) is 0 Å². The molecule has 5 heteroatoms. The third-order valence-corrected chi connectivity index (χ3v) is 2.94. The molecule has 1 aromatic carbocycles. The average Bonchev–Trinajstić information content (AvgIpc) is 2.86. The van der Waals surface area contributed by atoms with Crippen LogP contribution >= 0.6 is 24.0 Å². The van der Waals surface area contributed by atoms with Gasteiger partial charge in [-0.25, -0.2) is 0 Å². The topological polar surface area (TPSA) is 52.2 Å². The third-order valence-electron chi connectivity index (χ3n) is 2.94. The van der Waals surface area contributed by atoms with E-state index in [2.05, 4.69) is 50.9 Å². The summed E-state index contributed by atoms with van der Waals surface area (Å²) in [5.74, 6) is 3.26. The molecule has 3 N–H and O–H groups in total. The van der Waals surface area contributed by atoms with Gasteiger partial charge in [-0.05, 0) is 18.1 Å². The molecule has 0 fully saturated rings. The van der Waals surface area contributed by atoms with E-state index in [9.17, 15) is 0 Å². The number of hydrogen-bond donors (Lipinski definition) is 3. The SMILES string of the molecule is C#CCNC(=NC)NCCc1c[nH]c2ccccc12.I. The molecule has 20 heavy (non-hydrogen) atoms. The fourth-order valence-corrected chi connectivity index (χ4v) is 2.01.